The summed E-state index contributed by atoms with van der Waals surface area (Å²) in [5, 5.41) is 38.0. The van der Waals surface area contributed by atoms with Crippen molar-refractivity contribution in [2.75, 3.05) is 0 Å². The van der Waals surface area contributed by atoms with Gasteiger partial charge in [-0.3, -0.25) is 0 Å². The number of rotatable bonds is 0. The first kappa shape index (κ1) is 7.47. The van der Waals surface area contributed by atoms with Crippen molar-refractivity contribution in [1.29, 1.82) is 21.0 Å². The van der Waals surface area contributed by atoms with E-state index in [1.54, 1.807) is 0 Å². The average molecular weight is 163 g/mol. The van der Waals surface area contributed by atoms with E-state index in [0.29, 0.717) is 0 Å². The molecule has 0 aliphatic rings. The summed E-state index contributed by atoms with van der Waals surface area (Å²) in [6, 6.07) is 0. The van der Waals surface area contributed by atoms with Crippen LogP contribution in [0.25, 0.3) is 0 Å². The van der Waals surface area contributed by atoms with Gasteiger partial charge in [-0.25, -0.2) is 0 Å². The van der Waals surface area contributed by atoms with Crippen LogP contribution in [0.3, 0.4) is 0 Å². The van der Waals surface area contributed by atoms with Crippen LogP contribution >= 0.6 is 0 Å². The fraction of sp³-hybridized carbons (Fsp3) is 0. The molecule has 47 valence electrons. The first-order valence-corrected chi connectivity index (χ1v) is 3.64. The van der Waals surface area contributed by atoms with Gasteiger partial charge in [-0.15, -0.1) is 0 Å². The second-order valence-electron chi connectivity index (χ2n) is 0.798. The molecule has 0 unspecified atom stereocenters. The van der Waals surface area contributed by atoms with E-state index in [9.17, 15) is 0 Å². The summed E-state index contributed by atoms with van der Waals surface area (Å²) in [6.07, 6.45) is 0. The normalized spacial score (nSPS) is 9.33. The molecule has 0 aliphatic heterocycles. The van der Waals surface area contributed by atoms with E-state index in [2.05, 4.69) is 0 Å². The summed E-state index contributed by atoms with van der Waals surface area (Å²) >= 11 is -3.18. The van der Waals surface area contributed by atoms with Crippen LogP contribution < -0.4 is 0 Å². The molecule has 0 amide bonds. The van der Waals surface area contributed by atoms with Gasteiger partial charge in [0.15, 0.2) is 0 Å². The van der Waals surface area contributed by atoms with Crippen LogP contribution in [0.1, 0.15) is 0 Å². The Labute approximate surface area is 54.3 Å². The van der Waals surface area contributed by atoms with E-state index in [0.717, 1.165) is 0 Å². The van der Waals surface area contributed by atoms with Gasteiger partial charge in [0.2, 0.25) is 0 Å². The fourth-order valence-corrected chi connectivity index (χ4v) is 0.412. The Hall–Kier alpha value is -1.53. The molecule has 0 atom stereocenters. The van der Waals surface area contributed by atoms with Crippen molar-refractivity contribution in [3.63, 3.8) is 0 Å². The molecule has 0 heterocycles. The molecule has 5 heteroatoms. The molecule has 4 nitrogen and oxygen atoms in total. The molecule has 0 aliphatic carbocycles. The Morgan fingerprint density at radius 1 is 0.667 bits per heavy atom. The van der Waals surface area contributed by atoms with E-state index in [-0.39, 0.29) is 0 Å². The summed E-state index contributed by atoms with van der Waals surface area (Å²) in [5.41, 5.74) is 0. The second-order valence-corrected chi connectivity index (χ2v) is 3.29. The Morgan fingerprint density at radius 2 is 0.889 bits per heavy atom. The van der Waals surface area contributed by atoms with Crippen molar-refractivity contribution < 1.29 is 12.6 Å². The van der Waals surface area contributed by atoms with Gasteiger partial charge < -0.3 is 0 Å². The minimum atomic E-state index is -3.18. The second kappa shape index (κ2) is 2.70. The molecular formula is C4CoN4-2. The summed E-state index contributed by atoms with van der Waals surface area (Å²) in [6.45, 7) is 0. The van der Waals surface area contributed by atoms with Crippen molar-refractivity contribution in [2.24, 2.45) is 0 Å². The molecule has 0 bridgehead atoms. The predicted molar refractivity (Wildman–Crippen MR) is 22.5 cm³/mol. The third-order valence-electron chi connectivity index (χ3n) is 0.447. The van der Waals surface area contributed by atoms with E-state index >= 15 is 0 Å². The Balaban J connectivity index is 4.84. The zero-order valence-corrected chi connectivity index (χ0v) is 5.16. The van der Waals surface area contributed by atoms with Crippen LogP contribution in [0, 0.1) is 41.1 Å². The zero-order valence-electron chi connectivity index (χ0n) is 4.12. The van der Waals surface area contributed by atoms with Crippen LogP contribution in [0.4, 0.5) is 0 Å². The van der Waals surface area contributed by atoms with Gasteiger partial charge in [-0.1, -0.05) is 0 Å². The molecule has 0 fully saturated rings. The van der Waals surface area contributed by atoms with Gasteiger partial charge in [0, 0.05) is 0 Å². The molecule has 0 saturated heterocycles. The number of hydrogen-bond donors (Lipinski definition) is 0. The molecule has 9 heavy (non-hydrogen) atoms. The van der Waals surface area contributed by atoms with Crippen molar-refractivity contribution in [3.05, 3.63) is 0 Å². The zero-order chi connectivity index (χ0) is 7.33. The molecule has 0 saturated carbocycles. The topological polar surface area (TPSA) is 95.2 Å². The Bertz CT molecular complexity index is 205. The monoisotopic (exact) mass is 163 g/mol. The molecule has 0 spiro atoms. The maximum atomic E-state index is 8.11. The van der Waals surface area contributed by atoms with E-state index in [1.807, 2.05) is 0 Å². The van der Waals surface area contributed by atoms with Crippen LogP contribution in [0.5, 0.6) is 0 Å². The molecule has 0 aromatic heterocycles. The van der Waals surface area contributed by atoms with E-state index < -0.39 is 12.6 Å². The van der Waals surface area contributed by atoms with Crippen LogP contribution in [0.2, 0.25) is 0 Å². The Morgan fingerprint density at radius 3 is 0.889 bits per heavy atom. The standard InChI is InChI=1S/4CN.Co/c4*1-2;/q;;;;-2. The third-order valence-corrected chi connectivity index (χ3v) is 1.84. The van der Waals surface area contributed by atoms with Gasteiger partial charge in [0.1, 0.15) is 0 Å². The SMILES string of the molecule is N#[C][Co-2]([C]#N)([C]#N)[C]#N. The molecule has 0 aromatic carbocycles. The predicted octanol–water partition coefficient (Wildman–Crippen LogP) is 0.0646. The molecule has 0 radical (unpaired) electrons. The van der Waals surface area contributed by atoms with E-state index in [4.69, 9.17) is 21.0 Å². The summed E-state index contributed by atoms with van der Waals surface area (Å²) in [4.78, 5) is 0. The third kappa shape index (κ3) is 1.18. The van der Waals surface area contributed by atoms with Crippen LogP contribution in [-0.4, -0.2) is 0 Å². The molecule has 0 N–H and O–H groups in total. The van der Waals surface area contributed by atoms with Gasteiger partial charge >= 0.3 is 53.7 Å². The number of nitrogens with zero attached hydrogens (tertiary/aromatic N) is 4. The van der Waals surface area contributed by atoms with Crippen molar-refractivity contribution in [1.82, 2.24) is 0 Å². The molecular weight excluding hydrogens is 163 g/mol. The van der Waals surface area contributed by atoms with E-state index in [1.165, 1.54) is 20.0 Å². The van der Waals surface area contributed by atoms with Crippen molar-refractivity contribution in [2.45, 2.75) is 0 Å². The first-order chi connectivity index (χ1) is 4.24. The van der Waals surface area contributed by atoms with Crippen molar-refractivity contribution >= 4 is 0 Å². The maximum absolute atomic E-state index is 8.11. The first-order valence-electron chi connectivity index (χ1n) is 1.56. The average Bonchev–Trinajstić information content (AvgIpc) is 1.95. The number of hydrogen-bond acceptors (Lipinski definition) is 4. The molecule has 0 aromatic rings. The van der Waals surface area contributed by atoms with Gasteiger partial charge in [-0.2, -0.15) is 0 Å². The van der Waals surface area contributed by atoms with Crippen LogP contribution in [0.15, 0.2) is 0 Å². The molecule has 0 rings (SSSR count). The van der Waals surface area contributed by atoms with Gasteiger partial charge in [0.05, 0.1) is 0 Å². The van der Waals surface area contributed by atoms with Crippen LogP contribution in [-0.2, 0) is 12.6 Å². The summed E-state index contributed by atoms with van der Waals surface area (Å²) in [7, 11) is 0. The number of nitriles is 4. The van der Waals surface area contributed by atoms with Gasteiger partial charge in [-0.05, 0) is 0 Å². The Kier molecular flexibility index (Phi) is 2.24. The summed E-state index contributed by atoms with van der Waals surface area (Å²) < 4.78 is 0. The summed E-state index contributed by atoms with van der Waals surface area (Å²) in [5.74, 6) is 0. The fourth-order valence-electron chi connectivity index (χ4n) is 0.100. The van der Waals surface area contributed by atoms with Gasteiger partial charge in [0.25, 0.3) is 0 Å². The quantitative estimate of drug-likeness (QED) is 0.504. The van der Waals surface area contributed by atoms with Crippen molar-refractivity contribution in [3.8, 4) is 20.0 Å². The minimum absolute atomic E-state index is 1.39.